The number of nitriles is 2. The van der Waals surface area contributed by atoms with Gasteiger partial charge >= 0.3 is 0 Å². The Morgan fingerprint density at radius 3 is 1.44 bits per heavy atom. The monoisotopic (exact) mass is 699 g/mol. The molecule has 0 saturated carbocycles. The number of benzene rings is 8. The van der Waals surface area contributed by atoms with E-state index in [1.54, 1.807) is 0 Å². The van der Waals surface area contributed by atoms with E-state index in [4.69, 9.17) is 0 Å². The molecule has 0 aliphatic heterocycles. The first kappa shape index (κ1) is 30.7. The van der Waals surface area contributed by atoms with Crippen molar-refractivity contribution in [3.8, 4) is 40.3 Å². The lowest BCUT2D eigenvalue weighted by Crippen LogP contribution is -2.03. The number of hydrogen-bond donors (Lipinski definition) is 0. The van der Waals surface area contributed by atoms with E-state index >= 15 is 0 Å². The number of aromatic nitrogens is 3. The summed E-state index contributed by atoms with van der Waals surface area (Å²) in [5.41, 5.74) is 12.5. The summed E-state index contributed by atoms with van der Waals surface area (Å²) in [7, 11) is 0. The third kappa shape index (κ3) is 4.39. The molecule has 3 aromatic heterocycles. The average molecular weight is 700 g/mol. The summed E-state index contributed by atoms with van der Waals surface area (Å²) in [6, 6.07) is 65.9. The minimum Gasteiger partial charge on any atom is -0.309 e. The van der Waals surface area contributed by atoms with Crippen LogP contribution < -0.4 is 0 Å². The fourth-order valence-electron chi connectivity index (χ4n) is 8.84. The van der Waals surface area contributed by atoms with Gasteiger partial charge in [-0.05, 0) is 78.9 Å². The van der Waals surface area contributed by atoms with E-state index in [1.807, 2.05) is 54.6 Å². The quantitative estimate of drug-likeness (QED) is 0.184. The van der Waals surface area contributed by atoms with Gasteiger partial charge in [-0.3, -0.25) is 0 Å². The lowest BCUT2D eigenvalue weighted by atomic mass is 9.96. The number of rotatable bonds is 4. The second-order valence-corrected chi connectivity index (χ2v) is 13.9. The summed E-state index contributed by atoms with van der Waals surface area (Å²) in [4.78, 5) is 0. The molecule has 0 bridgehead atoms. The van der Waals surface area contributed by atoms with Crippen molar-refractivity contribution in [2.75, 3.05) is 0 Å². The number of fused-ring (bicyclic) bond motifs is 9. The summed E-state index contributed by atoms with van der Waals surface area (Å²) in [6.07, 6.45) is 0. The normalized spacial score (nSPS) is 11.6. The highest BCUT2D eigenvalue weighted by atomic mass is 15.0. The van der Waals surface area contributed by atoms with Crippen molar-refractivity contribution in [1.82, 2.24) is 13.7 Å². The molecule has 3 heterocycles. The van der Waals surface area contributed by atoms with Crippen molar-refractivity contribution in [3.05, 3.63) is 187 Å². The average Bonchev–Trinajstić information content (AvgIpc) is 3.88. The van der Waals surface area contributed by atoms with Crippen molar-refractivity contribution >= 4 is 65.4 Å². The molecule has 8 aromatic carbocycles. The van der Waals surface area contributed by atoms with Crippen LogP contribution in [0.3, 0.4) is 0 Å². The Labute approximate surface area is 316 Å². The van der Waals surface area contributed by atoms with Gasteiger partial charge in [-0.15, -0.1) is 0 Å². The van der Waals surface area contributed by atoms with Gasteiger partial charge in [-0.25, -0.2) is 0 Å². The zero-order valence-corrected chi connectivity index (χ0v) is 29.5. The van der Waals surface area contributed by atoms with Crippen LogP contribution in [0.1, 0.15) is 11.1 Å². The Balaban J connectivity index is 1.19. The predicted molar refractivity (Wildman–Crippen MR) is 224 cm³/mol. The van der Waals surface area contributed by atoms with Crippen molar-refractivity contribution in [3.63, 3.8) is 0 Å². The van der Waals surface area contributed by atoms with E-state index in [2.05, 4.69) is 147 Å². The van der Waals surface area contributed by atoms with E-state index in [0.717, 1.165) is 71.8 Å². The highest BCUT2D eigenvalue weighted by Gasteiger charge is 2.23. The van der Waals surface area contributed by atoms with Gasteiger partial charge in [0.15, 0.2) is 0 Å². The van der Waals surface area contributed by atoms with Crippen molar-refractivity contribution in [2.24, 2.45) is 0 Å². The SMILES string of the molecule is N#Cc1ccc2c(c1)c1ccccc1n2-c1ccccc1-c1c(C#N)cccc1-n1c2ccccc2c2cc(-n3c4ccccc4c4ccccc43)ccc21. The Morgan fingerprint density at radius 1 is 0.345 bits per heavy atom. The van der Waals surface area contributed by atoms with Gasteiger partial charge in [-0.1, -0.05) is 97.1 Å². The molecule has 0 N–H and O–H groups in total. The molecule has 0 radical (unpaired) electrons. The number of nitrogens with zero attached hydrogens (tertiary/aromatic N) is 5. The molecule has 254 valence electrons. The molecule has 55 heavy (non-hydrogen) atoms. The molecule has 5 heteroatoms. The van der Waals surface area contributed by atoms with E-state index in [1.165, 1.54) is 21.8 Å². The van der Waals surface area contributed by atoms with Gasteiger partial charge in [0, 0.05) is 49.1 Å². The van der Waals surface area contributed by atoms with Gasteiger partial charge in [0.25, 0.3) is 0 Å². The second-order valence-electron chi connectivity index (χ2n) is 13.9. The molecule has 0 aliphatic rings. The first-order chi connectivity index (χ1) is 27.2. The van der Waals surface area contributed by atoms with Gasteiger partial charge in [0.05, 0.1) is 67.7 Å². The minimum atomic E-state index is 0.588. The largest absolute Gasteiger partial charge is 0.309 e. The number of hydrogen-bond acceptors (Lipinski definition) is 2. The first-order valence-electron chi connectivity index (χ1n) is 18.3. The van der Waals surface area contributed by atoms with Crippen LogP contribution in [-0.2, 0) is 0 Å². The van der Waals surface area contributed by atoms with Crippen molar-refractivity contribution < 1.29 is 0 Å². The number of para-hydroxylation sites is 5. The summed E-state index contributed by atoms with van der Waals surface area (Å²) in [5, 5.41) is 27.3. The maximum Gasteiger partial charge on any atom is 0.0998 e. The zero-order chi connectivity index (χ0) is 36.6. The van der Waals surface area contributed by atoms with Crippen LogP contribution in [0.25, 0.3) is 93.6 Å². The summed E-state index contributed by atoms with van der Waals surface area (Å²) >= 11 is 0. The lowest BCUT2D eigenvalue weighted by Gasteiger charge is -2.19. The van der Waals surface area contributed by atoms with Crippen LogP contribution in [-0.4, -0.2) is 13.7 Å². The fraction of sp³-hybridized carbons (Fsp3) is 0. The van der Waals surface area contributed by atoms with E-state index < -0.39 is 0 Å². The van der Waals surface area contributed by atoms with Gasteiger partial charge in [0.2, 0.25) is 0 Å². The third-order valence-corrected chi connectivity index (χ3v) is 11.1. The minimum absolute atomic E-state index is 0.588. The Hall–Kier alpha value is -7.86. The van der Waals surface area contributed by atoms with Gasteiger partial charge in [-0.2, -0.15) is 10.5 Å². The predicted octanol–water partition coefficient (Wildman–Crippen LogP) is 12.4. The van der Waals surface area contributed by atoms with Crippen LogP contribution in [0, 0.1) is 22.7 Å². The molecule has 0 spiro atoms. The highest BCUT2D eigenvalue weighted by molar-refractivity contribution is 6.13. The molecular formula is C50H29N5. The Morgan fingerprint density at radius 2 is 0.818 bits per heavy atom. The van der Waals surface area contributed by atoms with E-state index in [0.29, 0.717) is 11.1 Å². The topological polar surface area (TPSA) is 62.4 Å². The standard InChI is InChI=1S/C50H29N5/c51-30-32-24-26-47-40(28-32)37-15-3-8-20-44(37)54(47)46-22-10-5-17-39(46)50-33(31-52)12-11-23-49(50)55-45-21-9-4-16-38(45)41-29-34(25-27-48(41)55)53-42-18-6-1-13-35(42)36-14-2-7-19-43(36)53/h1-29H. The summed E-state index contributed by atoms with van der Waals surface area (Å²) in [6.45, 7) is 0. The first-order valence-corrected chi connectivity index (χ1v) is 18.3. The maximum atomic E-state index is 10.8. The smallest absolute Gasteiger partial charge is 0.0998 e. The van der Waals surface area contributed by atoms with Crippen molar-refractivity contribution in [2.45, 2.75) is 0 Å². The zero-order valence-electron chi connectivity index (χ0n) is 29.5. The van der Waals surface area contributed by atoms with E-state index in [-0.39, 0.29) is 0 Å². The second kappa shape index (κ2) is 11.8. The molecule has 11 aromatic rings. The Kier molecular flexibility index (Phi) is 6.61. The molecule has 0 atom stereocenters. The summed E-state index contributed by atoms with van der Waals surface area (Å²) in [5.74, 6) is 0. The van der Waals surface area contributed by atoms with Crippen LogP contribution >= 0.6 is 0 Å². The Bertz CT molecular complexity index is 3420. The van der Waals surface area contributed by atoms with Crippen molar-refractivity contribution in [1.29, 1.82) is 10.5 Å². The molecule has 0 fully saturated rings. The fourth-order valence-corrected chi connectivity index (χ4v) is 8.84. The molecule has 0 amide bonds. The van der Waals surface area contributed by atoms with Gasteiger partial charge in [0.1, 0.15) is 0 Å². The molecule has 5 nitrogen and oxygen atoms in total. The molecule has 0 aliphatic carbocycles. The van der Waals surface area contributed by atoms with Gasteiger partial charge < -0.3 is 13.7 Å². The van der Waals surface area contributed by atoms with E-state index in [9.17, 15) is 10.5 Å². The molecular weight excluding hydrogens is 671 g/mol. The maximum absolute atomic E-state index is 10.8. The molecule has 11 rings (SSSR count). The molecule has 0 saturated heterocycles. The van der Waals surface area contributed by atoms with Crippen LogP contribution in [0.2, 0.25) is 0 Å². The van der Waals surface area contributed by atoms with Crippen LogP contribution in [0.4, 0.5) is 0 Å². The van der Waals surface area contributed by atoms with Crippen LogP contribution in [0.5, 0.6) is 0 Å². The summed E-state index contributed by atoms with van der Waals surface area (Å²) < 4.78 is 6.95. The van der Waals surface area contributed by atoms with Crippen LogP contribution in [0.15, 0.2) is 176 Å². The third-order valence-electron chi connectivity index (χ3n) is 11.1. The molecule has 0 unspecified atom stereocenters. The lowest BCUT2D eigenvalue weighted by molar-refractivity contribution is 1.15. The highest BCUT2D eigenvalue weighted by Crippen LogP contribution is 2.43.